The molecule has 0 spiro atoms. The van der Waals surface area contributed by atoms with E-state index in [2.05, 4.69) is 33.0 Å². The number of hydrogen-bond acceptors (Lipinski definition) is 1. The van der Waals surface area contributed by atoms with Crippen LogP contribution in [0, 0.1) is 24.0 Å². The summed E-state index contributed by atoms with van der Waals surface area (Å²) in [5.74, 6) is -1.41. The second-order valence-corrected chi connectivity index (χ2v) is 6.18. The van der Waals surface area contributed by atoms with Crippen LogP contribution in [-0.2, 0) is 6.42 Å². The molecule has 0 saturated heterocycles. The molecule has 0 saturated carbocycles. The first kappa shape index (κ1) is 16.1. The third-order valence-electron chi connectivity index (χ3n) is 3.55. The molecular formula is C16H25F2N. The SMILES string of the molecule is CCNC(CCc1ccc(C)c(F)c1F)C(C)(C)C. The van der Waals surface area contributed by atoms with E-state index in [0.717, 1.165) is 13.0 Å². The Morgan fingerprint density at radius 3 is 2.32 bits per heavy atom. The zero-order chi connectivity index (χ0) is 14.6. The van der Waals surface area contributed by atoms with Gasteiger partial charge >= 0.3 is 0 Å². The summed E-state index contributed by atoms with van der Waals surface area (Å²) in [7, 11) is 0. The standard InChI is InChI=1S/C16H25F2N/c1-6-19-13(16(3,4)5)10-9-12-8-7-11(2)14(17)15(12)18/h7-8,13,19H,6,9-10H2,1-5H3. The minimum Gasteiger partial charge on any atom is -0.314 e. The highest BCUT2D eigenvalue weighted by atomic mass is 19.2. The van der Waals surface area contributed by atoms with Crippen molar-refractivity contribution in [1.82, 2.24) is 5.32 Å². The Kier molecular flexibility index (Phi) is 5.48. The number of halogens is 2. The average Bonchev–Trinajstić information content (AvgIpc) is 2.32. The summed E-state index contributed by atoms with van der Waals surface area (Å²) in [5, 5.41) is 3.42. The Hall–Kier alpha value is -0.960. The summed E-state index contributed by atoms with van der Waals surface area (Å²) in [5.41, 5.74) is 0.936. The number of hydrogen-bond donors (Lipinski definition) is 1. The Morgan fingerprint density at radius 2 is 1.79 bits per heavy atom. The van der Waals surface area contributed by atoms with Crippen molar-refractivity contribution in [2.45, 2.75) is 53.5 Å². The van der Waals surface area contributed by atoms with Gasteiger partial charge in [0.1, 0.15) is 0 Å². The van der Waals surface area contributed by atoms with E-state index >= 15 is 0 Å². The van der Waals surface area contributed by atoms with Gasteiger partial charge in [-0.3, -0.25) is 0 Å². The van der Waals surface area contributed by atoms with Crippen molar-refractivity contribution >= 4 is 0 Å². The van der Waals surface area contributed by atoms with Gasteiger partial charge in [-0.25, -0.2) is 8.78 Å². The lowest BCUT2D eigenvalue weighted by molar-refractivity contribution is 0.257. The summed E-state index contributed by atoms with van der Waals surface area (Å²) in [6, 6.07) is 3.63. The molecule has 0 amide bonds. The van der Waals surface area contributed by atoms with Crippen LogP contribution >= 0.6 is 0 Å². The van der Waals surface area contributed by atoms with Crippen LogP contribution in [-0.4, -0.2) is 12.6 Å². The Balaban J connectivity index is 2.78. The van der Waals surface area contributed by atoms with Crippen molar-refractivity contribution in [3.63, 3.8) is 0 Å². The molecular weight excluding hydrogens is 244 g/mol. The smallest absolute Gasteiger partial charge is 0.162 e. The number of nitrogens with one attached hydrogen (secondary N) is 1. The molecule has 1 rings (SSSR count). The summed E-state index contributed by atoms with van der Waals surface area (Å²) >= 11 is 0. The van der Waals surface area contributed by atoms with E-state index in [4.69, 9.17) is 0 Å². The van der Waals surface area contributed by atoms with Gasteiger partial charge in [0, 0.05) is 6.04 Å². The molecule has 3 heteroatoms. The van der Waals surface area contributed by atoms with Crippen molar-refractivity contribution in [2.24, 2.45) is 5.41 Å². The molecule has 0 aliphatic heterocycles. The highest BCUT2D eigenvalue weighted by molar-refractivity contribution is 5.25. The van der Waals surface area contributed by atoms with Gasteiger partial charge in [0.25, 0.3) is 0 Å². The first-order valence-electron chi connectivity index (χ1n) is 6.94. The summed E-state index contributed by atoms with van der Waals surface area (Å²) < 4.78 is 27.3. The maximum absolute atomic E-state index is 13.8. The van der Waals surface area contributed by atoms with E-state index in [1.165, 1.54) is 0 Å². The quantitative estimate of drug-likeness (QED) is 0.843. The van der Waals surface area contributed by atoms with Gasteiger partial charge in [-0.15, -0.1) is 0 Å². The predicted octanol–water partition coefficient (Wildman–Crippen LogP) is 4.23. The molecule has 0 aliphatic carbocycles. The molecule has 19 heavy (non-hydrogen) atoms. The van der Waals surface area contributed by atoms with Crippen molar-refractivity contribution < 1.29 is 8.78 Å². The van der Waals surface area contributed by atoms with Crippen LogP contribution < -0.4 is 5.32 Å². The van der Waals surface area contributed by atoms with Gasteiger partial charge < -0.3 is 5.32 Å². The molecule has 0 bridgehead atoms. The summed E-state index contributed by atoms with van der Waals surface area (Å²) in [6.45, 7) is 11.0. The van der Waals surface area contributed by atoms with Crippen molar-refractivity contribution in [3.8, 4) is 0 Å². The third kappa shape index (κ3) is 4.27. The molecule has 0 aromatic heterocycles. The van der Waals surface area contributed by atoms with E-state index in [1.807, 2.05) is 0 Å². The van der Waals surface area contributed by atoms with Crippen LogP contribution in [0.4, 0.5) is 8.78 Å². The lowest BCUT2D eigenvalue weighted by Gasteiger charge is -2.31. The molecule has 1 aromatic carbocycles. The third-order valence-corrected chi connectivity index (χ3v) is 3.55. The molecule has 1 aromatic rings. The maximum atomic E-state index is 13.8. The minimum atomic E-state index is -0.715. The van der Waals surface area contributed by atoms with Crippen LogP contribution in [0.2, 0.25) is 0 Å². The van der Waals surface area contributed by atoms with Gasteiger partial charge in [0.15, 0.2) is 11.6 Å². The first-order chi connectivity index (χ1) is 8.77. The molecule has 0 fully saturated rings. The van der Waals surface area contributed by atoms with Crippen LogP contribution in [0.1, 0.15) is 45.2 Å². The Morgan fingerprint density at radius 1 is 1.16 bits per heavy atom. The highest BCUT2D eigenvalue weighted by Gasteiger charge is 2.24. The molecule has 0 radical (unpaired) electrons. The fourth-order valence-electron chi connectivity index (χ4n) is 2.27. The van der Waals surface area contributed by atoms with Gasteiger partial charge in [0.05, 0.1) is 0 Å². The fraction of sp³-hybridized carbons (Fsp3) is 0.625. The maximum Gasteiger partial charge on any atom is 0.162 e. The zero-order valence-electron chi connectivity index (χ0n) is 12.6. The summed E-state index contributed by atoms with van der Waals surface area (Å²) in [4.78, 5) is 0. The van der Waals surface area contributed by atoms with Gasteiger partial charge in [-0.2, -0.15) is 0 Å². The fourth-order valence-corrected chi connectivity index (χ4v) is 2.27. The van der Waals surface area contributed by atoms with Gasteiger partial charge in [-0.1, -0.05) is 39.8 Å². The van der Waals surface area contributed by atoms with Crippen LogP contribution in [0.3, 0.4) is 0 Å². The number of benzene rings is 1. The molecule has 108 valence electrons. The van der Waals surface area contributed by atoms with E-state index in [0.29, 0.717) is 23.6 Å². The Bertz CT molecular complexity index is 421. The lowest BCUT2D eigenvalue weighted by atomic mass is 9.83. The van der Waals surface area contributed by atoms with Gasteiger partial charge in [-0.05, 0) is 42.9 Å². The molecule has 1 N–H and O–H groups in total. The largest absolute Gasteiger partial charge is 0.314 e. The van der Waals surface area contributed by atoms with Crippen molar-refractivity contribution in [2.75, 3.05) is 6.54 Å². The zero-order valence-corrected chi connectivity index (χ0v) is 12.6. The first-order valence-corrected chi connectivity index (χ1v) is 6.94. The number of rotatable bonds is 5. The second-order valence-electron chi connectivity index (χ2n) is 6.18. The molecule has 0 heterocycles. The highest BCUT2D eigenvalue weighted by Crippen LogP contribution is 2.24. The lowest BCUT2D eigenvalue weighted by Crippen LogP contribution is -2.40. The van der Waals surface area contributed by atoms with Crippen LogP contribution in [0.5, 0.6) is 0 Å². The molecule has 1 unspecified atom stereocenters. The molecule has 1 atom stereocenters. The van der Waals surface area contributed by atoms with E-state index in [9.17, 15) is 8.78 Å². The predicted molar refractivity (Wildman–Crippen MR) is 76.3 cm³/mol. The van der Waals surface area contributed by atoms with Crippen molar-refractivity contribution in [1.29, 1.82) is 0 Å². The second kappa shape index (κ2) is 6.47. The van der Waals surface area contributed by atoms with E-state index in [1.54, 1.807) is 19.1 Å². The monoisotopic (exact) mass is 269 g/mol. The van der Waals surface area contributed by atoms with Crippen LogP contribution in [0.25, 0.3) is 0 Å². The number of aryl methyl sites for hydroxylation is 2. The van der Waals surface area contributed by atoms with Crippen molar-refractivity contribution in [3.05, 3.63) is 34.9 Å². The summed E-state index contributed by atoms with van der Waals surface area (Å²) in [6.07, 6.45) is 1.36. The molecule has 0 aliphatic rings. The minimum absolute atomic E-state index is 0.107. The van der Waals surface area contributed by atoms with Gasteiger partial charge in [0.2, 0.25) is 0 Å². The van der Waals surface area contributed by atoms with E-state index < -0.39 is 11.6 Å². The topological polar surface area (TPSA) is 12.0 Å². The van der Waals surface area contributed by atoms with E-state index in [-0.39, 0.29) is 5.41 Å². The normalized spacial score (nSPS) is 13.6. The van der Waals surface area contributed by atoms with Crippen LogP contribution in [0.15, 0.2) is 12.1 Å². The molecule has 1 nitrogen and oxygen atoms in total. The Labute approximate surface area is 115 Å². The average molecular weight is 269 g/mol.